The largest absolute Gasteiger partial charge is 0.483 e. The number of aromatic nitrogens is 2. The number of carbonyl (C=O) groups is 1. The lowest BCUT2D eigenvalue weighted by Crippen LogP contribution is -2.32. The number of nitrogens with one attached hydrogen (secondary N) is 1. The van der Waals surface area contributed by atoms with E-state index >= 15 is 0 Å². The Labute approximate surface area is 162 Å². The van der Waals surface area contributed by atoms with E-state index in [1.165, 1.54) is 0 Å². The molecule has 1 aliphatic rings. The van der Waals surface area contributed by atoms with Crippen molar-refractivity contribution in [3.8, 4) is 17.1 Å². The van der Waals surface area contributed by atoms with Crippen molar-refractivity contribution in [2.75, 3.05) is 13.2 Å². The summed E-state index contributed by atoms with van der Waals surface area (Å²) < 4.78 is 16.6. The Morgan fingerprint density at radius 2 is 1.96 bits per heavy atom. The molecule has 0 saturated carbocycles. The zero-order valence-electron chi connectivity index (χ0n) is 15.3. The minimum absolute atomic E-state index is 0.0792. The van der Waals surface area contributed by atoms with Crippen molar-refractivity contribution in [1.29, 1.82) is 0 Å². The van der Waals surface area contributed by atoms with Crippen LogP contribution >= 0.6 is 0 Å². The molecule has 1 aromatic heterocycles. The molecule has 1 aliphatic heterocycles. The van der Waals surface area contributed by atoms with Crippen LogP contribution in [0.15, 0.2) is 59.1 Å². The van der Waals surface area contributed by atoms with Crippen molar-refractivity contribution in [1.82, 2.24) is 15.5 Å². The summed E-state index contributed by atoms with van der Waals surface area (Å²) in [6, 6.07) is 16.6. The van der Waals surface area contributed by atoms with Crippen LogP contribution in [0, 0.1) is 0 Å². The first-order chi connectivity index (χ1) is 13.8. The van der Waals surface area contributed by atoms with E-state index in [1.54, 1.807) is 18.2 Å². The zero-order chi connectivity index (χ0) is 19.2. The van der Waals surface area contributed by atoms with Crippen LogP contribution in [-0.2, 0) is 11.3 Å². The maximum atomic E-state index is 12.5. The Morgan fingerprint density at radius 1 is 1.14 bits per heavy atom. The van der Waals surface area contributed by atoms with Crippen molar-refractivity contribution in [3.05, 3.63) is 66.1 Å². The molecule has 0 spiro atoms. The van der Waals surface area contributed by atoms with Gasteiger partial charge >= 0.3 is 0 Å². The molecule has 0 aliphatic carbocycles. The molecule has 7 nitrogen and oxygen atoms in total. The molecule has 3 aromatic rings. The van der Waals surface area contributed by atoms with Gasteiger partial charge in [-0.3, -0.25) is 4.79 Å². The molecule has 4 rings (SSSR count). The van der Waals surface area contributed by atoms with E-state index in [4.69, 9.17) is 14.0 Å². The number of carbonyl (C=O) groups excluding carboxylic acids is 1. The van der Waals surface area contributed by atoms with Crippen LogP contribution in [0.1, 0.15) is 29.1 Å². The predicted octanol–water partition coefficient (Wildman–Crippen LogP) is 3.22. The third-order valence-corrected chi connectivity index (χ3v) is 4.50. The topological polar surface area (TPSA) is 86.5 Å². The lowest BCUT2D eigenvalue weighted by atomic mass is 10.1. The van der Waals surface area contributed by atoms with Crippen LogP contribution in [0.3, 0.4) is 0 Å². The number of nitrogens with zero attached hydrogens (tertiary/aromatic N) is 2. The van der Waals surface area contributed by atoms with Gasteiger partial charge in [-0.1, -0.05) is 47.6 Å². The van der Waals surface area contributed by atoms with Gasteiger partial charge in [0.25, 0.3) is 11.8 Å². The second kappa shape index (κ2) is 8.67. The highest BCUT2D eigenvalue weighted by atomic mass is 16.5. The fraction of sp³-hybridized carbons (Fsp3) is 0.286. The average molecular weight is 379 g/mol. The number of para-hydroxylation sites is 1. The maximum absolute atomic E-state index is 12.5. The SMILES string of the molecule is O=C(NC[C@H]1CCCO1)c1ccccc1OCc1nc(-c2ccccc2)no1. The first kappa shape index (κ1) is 18.2. The van der Waals surface area contributed by atoms with Crippen molar-refractivity contribution >= 4 is 5.91 Å². The summed E-state index contributed by atoms with van der Waals surface area (Å²) in [6.07, 6.45) is 2.10. The van der Waals surface area contributed by atoms with Gasteiger partial charge in [-0.2, -0.15) is 4.98 Å². The molecule has 1 atom stereocenters. The van der Waals surface area contributed by atoms with E-state index in [0.29, 0.717) is 29.6 Å². The first-order valence-corrected chi connectivity index (χ1v) is 9.29. The highest BCUT2D eigenvalue weighted by molar-refractivity contribution is 5.96. The first-order valence-electron chi connectivity index (χ1n) is 9.29. The number of rotatable bonds is 7. The summed E-state index contributed by atoms with van der Waals surface area (Å²) in [5.74, 6) is 1.11. The summed E-state index contributed by atoms with van der Waals surface area (Å²) in [7, 11) is 0. The zero-order valence-corrected chi connectivity index (χ0v) is 15.3. The summed E-state index contributed by atoms with van der Waals surface area (Å²) in [5, 5.41) is 6.88. The van der Waals surface area contributed by atoms with Crippen LogP contribution < -0.4 is 10.1 Å². The van der Waals surface area contributed by atoms with Crippen LogP contribution in [0.4, 0.5) is 0 Å². The van der Waals surface area contributed by atoms with Gasteiger partial charge in [-0.15, -0.1) is 0 Å². The molecule has 0 bridgehead atoms. The Bertz CT molecular complexity index is 920. The normalized spacial score (nSPS) is 16.1. The van der Waals surface area contributed by atoms with Gasteiger partial charge in [-0.05, 0) is 25.0 Å². The molecular weight excluding hydrogens is 358 g/mol. The number of ether oxygens (including phenoxy) is 2. The molecule has 1 N–H and O–H groups in total. The van der Waals surface area contributed by atoms with Crippen LogP contribution in [0.25, 0.3) is 11.4 Å². The van der Waals surface area contributed by atoms with Gasteiger partial charge in [0.15, 0.2) is 6.61 Å². The van der Waals surface area contributed by atoms with Gasteiger partial charge in [0.05, 0.1) is 11.7 Å². The molecule has 1 saturated heterocycles. The third-order valence-electron chi connectivity index (χ3n) is 4.50. The lowest BCUT2D eigenvalue weighted by Gasteiger charge is -2.13. The van der Waals surface area contributed by atoms with E-state index in [1.807, 2.05) is 36.4 Å². The number of amides is 1. The van der Waals surface area contributed by atoms with Gasteiger partial charge in [-0.25, -0.2) is 0 Å². The number of benzene rings is 2. The lowest BCUT2D eigenvalue weighted by molar-refractivity contribution is 0.0853. The molecule has 144 valence electrons. The molecule has 28 heavy (non-hydrogen) atoms. The van der Waals surface area contributed by atoms with E-state index in [-0.39, 0.29) is 18.6 Å². The quantitative estimate of drug-likeness (QED) is 0.678. The Kier molecular flexibility index (Phi) is 5.63. The second-order valence-corrected chi connectivity index (χ2v) is 6.51. The fourth-order valence-corrected chi connectivity index (χ4v) is 3.04. The van der Waals surface area contributed by atoms with E-state index in [9.17, 15) is 4.79 Å². The molecule has 1 fully saturated rings. The molecule has 2 heterocycles. The van der Waals surface area contributed by atoms with E-state index in [0.717, 1.165) is 25.0 Å². The Morgan fingerprint density at radius 3 is 2.79 bits per heavy atom. The van der Waals surface area contributed by atoms with E-state index in [2.05, 4.69) is 15.5 Å². The van der Waals surface area contributed by atoms with Gasteiger partial charge in [0.2, 0.25) is 5.82 Å². The standard InChI is InChI=1S/C21H21N3O4/c25-21(22-13-16-9-6-12-26-16)17-10-4-5-11-18(17)27-14-19-23-20(24-28-19)15-7-2-1-3-8-15/h1-5,7-8,10-11,16H,6,9,12-14H2,(H,22,25)/t16-/m1/s1. The molecule has 0 radical (unpaired) electrons. The van der Waals surface area contributed by atoms with Gasteiger partial charge in [0.1, 0.15) is 5.75 Å². The minimum Gasteiger partial charge on any atom is -0.483 e. The smallest absolute Gasteiger partial charge is 0.264 e. The Hall–Kier alpha value is -3.19. The average Bonchev–Trinajstić information content (AvgIpc) is 3.43. The molecular formula is C21H21N3O4. The summed E-state index contributed by atoms with van der Waals surface area (Å²) in [5.41, 5.74) is 1.33. The highest BCUT2D eigenvalue weighted by Crippen LogP contribution is 2.21. The molecule has 7 heteroatoms. The van der Waals surface area contributed by atoms with Gasteiger partial charge in [0, 0.05) is 18.7 Å². The van der Waals surface area contributed by atoms with Gasteiger partial charge < -0.3 is 19.3 Å². The Balaban J connectivity index is 1.38. The summed E-state index contributed by atoms with van der Waals surface area (Å²) in [4.78, 5) is 16.9. The fourth-order valence-electron chi connectivity index (χ4n) is 3.04. The van der Waals surface area contributed by atoms with Crippen LogP contribution in [-0.4, -0.2) is 35.3 Å². The van der Waals surface area contributed by atoms with Crippen molar-refractivity contribution in [2.24, 2.45) is 0 Å². The highest BCUT2D eigenvalue weighted by Gasteiger charge is 2.18. The summed E-state index contributed by atoms with van der Waals surface area (Å²) in [6.45, 7) is 1.34. The molecule has 0 unspecified atom stereocenters. The maximum Gasteiger partial charge on any atom is 0.264 e. The van der Waals surface area contributed by atoms with Crippen LogP contribution in [0.2, 0.25) is 0 Å². The molecule has 1 amide bonds. The van der Waals surface area contributed by atoms with E-state index < -0.39 is 0 Å². The van der Waals surface area contributed by atoms with Crippen molar-refractivity contribution in [3.63, 3.8) is 0 Å². The third kappa shape index (κ3) is 4.37. The second-order valence-electron chi connectivity index (χ2n) is 6.51. The summed E-state index contributed by atoms with van der Waals surface area (Å²) >= 11 is 0. The number of hydrogen-bond acceptors (Lipinski definition) is 6. The minimum atomic E-state index is -0.193. The van der Waals surface area contributed by atoms with Crippen molar-refractivity contribution in [2.45, 2.75) is 25.6 Å². The predicted molar refractivity (Wildman–Crippen MR) is 102 cm³/mol. The van der Waals surface area contributed by atoms with Crippen molar-refractivity contribution < 1.29 is 18.8 Å². The van der Waals surface area contributed by atoms with Crippen LogP contribution in [0.5, 0.6) is 5.75 Å². The number of hydrogen-bond donors (Lipinski definition) is 1. The monoisotopic (exact) mass is 379 g/mol. The molecule has 2 aromatic carbocycles.